The molecule has 1 aliphatic heterocycles. The fourth-order valence-corrected chi connectivity index (χ4v) is 4.10. The molecule has 2 heterocycles. The average Bonchev–Trinajstić information content (AvgIpc) is 3.05. The summed E-state index contributed by atoms with van der Waals surface area (Å²) in [5.41, 5.74) is 6.69. The number of hydrogen-bond donors (Lipinski definition) is 0. The second kappa shape index (κ2) is 8.15. The van der Waals surface area contributed by atoms with Crippen molar-refractivity contribution in [2.24, 2.45) is 0 Å². The fraction of sp³-hybridized carbons (Fsp3) is 0.148. The van der Waals surface area contributed by atoms with E-state index in [-0.39, 0.29) is 0 Å². The zero-order valence-corrected chi connectivity index (χ0v) is 17.5. The molecule has 4 aromatic rings. The number of hydrogen-bond acceptors (Lipinski definition) is 4. The molecule has 4 nitrogen and oxygen atoms in total. The lowest BCUT2D eigenvalue weighted by molar-refractivity contribution is 0.332. The molecule has 0 amide bonds. The smallest absolute Gasteiger partial charge is 0.124 e. The van der Waals surface area contributed by atoms with E-state index in [0.29, 0.717) is 12.4 Å². The highest BCUT2D eigenvalue weighted by Gasteiger charge is 2.18. The van der Waals surface area contributed by atoms with Gasteiger partial charge in [-0.25, -0.2) is 0 Å². The van der Waals surface area contributed by atoms with E-state index < -0.39 is 0 Å². The van der Waals surface area contributed by atoms with Crippen molar-refractivity contribution in [2.75, 3.05) is 25.2 Å². The first-order valence-electron chi connectivity index (χ1n) is 10.4. The summed E-state index contributed by atoms with van der Waals surface area (Å²) in [5, 5.41) is 1.17. The maximum atomic E-state index is 6.08. The number of aromatic nitrogens is 1. The quantitative estimate of drug-likeness (QED) is 0.393. The van der Waals surface area contributed by atoms with E-state index in [2.05, 4.69) is 71.1 Å². The van der Waals surface area contributed by atoms with Gasteiger partial charge in [0.25, 0.3) is 0 Å². The molecule has 0 saturated heterocycles. The molecule has 0 bridgehead atoms. The normalized spacial score (nSPS) is 13.3. The molecular weight excluding hydrogens is 384 g/mol. The molecule has 0 unspecified atom stereocenters. The maximum Gasteiger partial charge on any atom is 0.124 e. The molecular formula is C27H24N2O2. The molecule has 5 rings (SSSR count). The van der Waals surface area contributed by atoms with Gasteiger partial charge in [-0.3, -0.25) is 4.98 Å². The summed E-state index contributed by atoms with van der Waals surface area (Å²) in [6, 6.07) is 25.1. The second-order valence-electron chi connectivity index (χ2n) is 7.64. The second-order valence-corrected chi connectivity index (χ2v) is 7.64. The van der Waals surface area contributed by atoms with E-state index in [4.69, 9.17) is 9.47 Å². The highest BCUT2D eigenvalue weighted by molar-refractivity contribution is 5.91. The topological polar surface area (TPSA) is 34.6 Å². The van der Waals surface area contributed by atoms with Gasteiger partial charge in [0.15, 0.2) is 0 Å². The molecule has 0 fully saturated rings. The Balaban J connectivity index is 1.48. The minimum atomic E-state index is 0.650. The van der Waals surface area contributed by atoms with Crippen molar-refractivity contribution >= 4 is 22.3 Å². The highest BCUT2D eigenvalue weighted by atomic mass is 16.5. The fourth-order valence-electron chi connectivity index (χ4n) is 4.10. The molecule has 31 heavy (non-hydrogen) atoms. The van der Waals surface area contributed by atoms with E-state index >= 15 is 0 Å². The lowest BCUT2D eigenvalue weighted by atomic mass is 10.0. The predicted molar refractivity (Wildman–Crippen MR) is 126 cm³/mol. The summed E-state index contributed by atoms with van der Waals surface area (Å²) in [5.74, 6) is 1.62. The van der Waals surface area contributed by atoms with Gasteiger partial charge in [-0.05, 0) is 35.4 Å². The first-order chi connectivity index (χ1) is 15.2. The molecule has 0 saturated carbocycles. The molecule has 0 N–H and O–H groups in total. The van der Waals surface area contributed by atoms with Crippen molar-refractivity contribution in [2.45, 2.75) is 6.54 Å². The lowest BCUT2D eigenvalue weighted by Gasteiger charge is -2.23. The third kappa shape index (κ3) is 3.73. The average molecular weight is 409 g/mol. The van der Waals surface area contributed by atoms with Crippen molar-refractivity contribution in [3.63, 3.8) is 0 Å². The zero-order valence-electron chi connectivity index (χ0n) is 17.5. The van der Waals surface area contributed by atoms with Crippen LogP contribution in [-0.4, -0.2) is 25.2 Å². The zero-order chi connectivity index (χ0) is 21.2. The van der Waals surface area contributed by atoms with Crippen LogP contribution in [0.2, 0.25) is 0 Å². The summed E-state index contributed by atoms with van der Waals surface area (Å²) < 4.78 is 11.3. The number of ether oxygens (including phenoxy) is 2. The molecule has 1 aromatic heterocycles. The summed E-state index contributed by atoms with van der Waals surface area (Å²) in [6.07, 6.45) is 1.89. The summed E-state index contributed by atoms with van der Waals surface area (Å²) in [6.45, 7) is 6.19. The van der Waals surface area contributed by atoms with Crippen LogP contribution in [0.25, 0.3) is 27.8 Å². The molecule has 0 radical (unpaired) electrons. The summed E-state index contributed by atoms with van der Waals surface area (Å²) in [4.78, 5) is 6.89. The SMILES string of the molecule is C=C(OC)c1ccc(-c2ccc3c(c2)CN(c2ccnc4ccccc24)CCO3)cc1. The molecule has 3 aromatic carbocycles. The van der Waals surface area contributed by atoms with Crippen LogP contribution in [0.5, 0.6) is 5.75 Å². The Morgan fingerprint density at radius 1 is 1.00 bits per heavy atom. The van der Waals surface area contributed by atoms with Crippen LogP contribution in [0, 0.1) is 0 Å². The van der Waals surface area contributed by atoms with E-state index in [1.54, 1.807) is 7.11 Å². The van der Waals surface area contributed by atoms with Crippen LogP contribution in [0.3, 0.4) is 0 Å². The van der Waals surface area contributed by atoms with Crippen LogP contribution in [0.4, 0.5) is 5.69 Å². The summed E-state index contributed by atoms with van der Waals surface area (Å²) >= 11 is 0. The monoisotopic (exact) mass is 408 g/mol. The van der Waals surface area contributed by atoms with E-state index in [1.807, 2.05) is 24.4 Å². The van der Waals surface area contributed by atoms with Crippen LogP contribution in [0.15, 0.2) is 85.6 Å². The van der Waals surface area contributed by atoms with Gasteiger partial charge in [0.2, 0.25) is 0 Å². The number of fused-ring (bicyclic) bond motifs is 2. The number of nitrogens with zero attached hydrogens (tertiary/aromatic N) is 2. The number of anilines is 1. The van der Waals surface area contributed by atoms with Gasteiger partial charge in [0.1, 0.15) is 18.1 Å². The van der Waals surface area contributed by atoms with Gasteiger partial charge in [0.05, 0.1) is 19.2 Å². The molecule has 4 heteroatoms. The predicted octanol–water partition coefficient (Wildman–Crippen LogP) is 5.92. The Bertz CT molecular complexity index is 1240. The molecule has 0 aliphatic carbocycles. The third-order valence-electron chi connectivity index (χ3n) is 5.79. The third-order valence-corrected chi connectivity index (χ3v) is 5.79. The molecule has 0 spiro atoms. The Morgan fingerprint density at radius 3 is 2.65 bits per heavy atom. The van der Waals surface area contributed by atoms with Gasteiger partial charge < -0.3 is 14.4 Å². The maximum absolute atomic E-state index is 6.08. The number of methoxy groups -OCH3 is 1. The van der Waals surface area contributed by atoms with Crippen LogP contribution in [0.1, 0.15) is 11.1 Å². The van der Waals surface area contributed by atoms with Crippen LogP contribution in [-0.2, 0) is 11.3 Å². The van der Waals surface area contributed by atoms with Crippen LogP contribution >= 0.6 is 0 Å². The van der Waals surface area contributed by atoms with Gasteiger partial charge in [0, 0.05) is 34.9 Å². The van der Waals surface area contributed by atoms with Crippen molar-refractivity contribution < 1.29 is 9.47 Å². The summed E-state index contributed by atoms with van der Waals surface area (Å²) in [7, 11) is 1.64. The van der Waals surface area contributed by atoms with Gasteiger partial charge in [-0.1, -0.05) is 55.1 Å². The van der Waals surface area contributed by atoms with Gasteiger partial charge in [-0.2, -0.15) is 0 Å². The number of rotatable bonds is 4. The van der Waals surface area contributed by atoms with E-state index in [0.717, 1.165) is 35.5 Å². The van der Waals surface area contributed by atoms with E-state index in [9.17, 15) is 0 Å². The van der Waals surface area contributed by atoms with E-state index in [1.165, 1.54) is 22.2 Å². The standard InChI is InChI=1S/C27H24N2O2/c1-19(30-2)20-7-9-21(10-8-20)22-11-12-27-23(17-22)18-29(15-16-31-27)26-13-14-28-25-6-4-3-5-24(25)26/h3-14,17H,1,15-16,18H2,2H3. The minimum absolute atomic E-state index is 0.650. The Labute approximate surface area is 182 Å². The van der Waals surface area contributed by atoms with Crippen molar-refractivity contribution in [3.05, 3.63) is 96.7 Å². The van der Waals surface area contributed by atoms with Crippen molar-refractivity contribution in [3.8, 4) is 16.9 Å². The highest BCUT2D eigenvalue weighted by Crippen LogP contribution is 2.33. The number of para-hydroxylation sites is 1. The molecule has 0 atom stereocenters. The Morgan fingerprint density at radius 2 is 1.81 bits per heavy atom. The van der Waals surface area contributed by atoms with Crippen molar-refractivity contribution in [1.82, 2.24) is 4.98 Å². The largest absolute Gasteiger partial charge is 0.497 e. The number of pyridine rings is 1. The molecule has 1 aliphatic rings. The molecule has 154 valence electrons. The lowest BCUT2D eigenvalue weighted by Crippen LogP contribution is -2.25. The number of benzene rings is 3. The Kier molecular flexibility index (Phi) is 5.04. The van der Waals surface area contributed by atoms with Gasteiger partial charge >= 0.3 is 0 Å². The van der Waals surface area contributed by atoms with Crippen LogP contribution < -0.4 is 9.64 Å². The first kappa shape index (κ1) is 19.2. The van der Waals surface area contributed by atoms with Gasteiger partial charge in [-0.15, -0.1) is 0 Å². The Hall–Kier alpha value is -3.79. The van der Waals surface area contributed by atoms with Crippen molar-refractivity contribution in [1.29, 1.82) is 0 Å². The first-order valence-corrected chi connectivity index (χ1v) is 10.4. The minimum Gasteiger partial charge on any atom is -0.497 e.